The van der Waals surface area contributed by atoms with E-state index in [1.807, 2.05) is 45.9 Å². The number of rotatable bonds is 9. The SMILES string of the molecule is CCOc1ccc(C=CC(=O)Nc2ccc(C(=O)NC(C)C)cc2)cc1OCC. The fourth-order valence-electron chi connectivity index (χ4n) is 2.58. The molecule has 0 atom stereocenters. The smallest absolute Gasteiger partial charge is 0.251 e. The number of anilines is 1. The van der Waals surface area contributed by atoms with E-state index in [1.54, 1.807) is 30.3 Å². The van der Waals surface area contributed by atoms with Gasteiger partial charge >= 0.3 is 0 Å². The fourth-order valence-corrected chi connectivity index (χ4v) is 2.58. The predicted octanol–water partition coefficient (Wildman–Crippen LogP) is 4.27. The van der Waals surface area contributed by atoms with Crippen molar-refractivity contribution in [3.8, 4) is 11.5 Å². The van der Waals surface area contributed by atoms with Crippen molar-refractivity contribution in [1.29, 1.82) is 0 Å². The van der Waals surface area contributed by atoms with Crippen LogP contribution in [0, 0.1) is 0 Å². The van der Waals surface area contributed by atoms with Crippen LogP contribution in [0.25, 0.3) is 6.08 Å². The minimum absolute atomic E-state index is 0.0675. The number of hydrogen-bond donors (Lipinski definition) is 2. The van der Waals surface area contributed by atoms with Crippen LogP contribution < -0.4 is 20.1 Å². The first-order chi connectivity index (χ1) is 13.9. The second-order valence-corrected chi connectivity index (χ2v) is 6.60. The summed E-state index contributed by atoms with van der Waals surface area (Å²) in [5, 5.41) is 5.60. The van der Waals surface area contributed by atoms with Crippen molar-refractivity contribution in [2.45, 2.75) is 33.7 Å². The van der Waals surface area contributed by atoms with Gasteiger partial charge in [-0.05, 0) is 75.7 Å². The van der Waals surface area contributed by atoms with Crippen molar-refractivity contribution < 1.29 is 19.1 Å². The average molecular weight is 396 g/mol. The molecule has 2 aromatic rings. The number of amides is 2. The molecule has 0 aromatic heterocycles. The van der Waals surface area contributed by atoms with Gasteiger partial charge in [0.05, 0.1) is 13.2 Å². The summed E-state index contributed by atoms with van der Waals surface area (Å²) in [6.07, 6.45) is 3.16. The Morgan fingerprint density at radius 2 is 1.62 bits per heavy atom. The highest BCUT2D eigenvalue weighted by atomic mass is 16.5. The molecule has 2 N–H and O–H groups in total. The van der Waals surface area contributed by atoms with Crippen LogP contribution in [0.4, 0.5) is 5.69 Å². The van der Waals surface area contributed by atoms with Gasteiger partial charge in [-0.2, -0.15) is 0 Å². The molecule has 0 aliphatic carbocycles. The Kier molecular flexibility index (Phi) is 8.27. The van der Waals surface area contributed by atoms with Gasteiger partial charge in [-0.3, -0.25) is 9.59 Å². The lowest BCUT2D eigenvalue weighted by atomic mass is 10.1. The van der Waals surface area contributed by atoms with Crippen molar-refractivity contribution in [3.63, 3.8) is 0 Å². The van der Waals surface area contributed by atoms with Gasteiger partial charge in [0.1, 0.15) is 0 Å². The highest BCUT2D eigenvalue weighted by Gasteiger charge is 2.08. The van der Waals surface area contributed by atoms with Crippen molar-refractivity contribution in [3.05, 3.63) is 59.7 Å². The van der Waals surface area contributed by atoms with Crippen LogP contribution >= 0.6 is 0 Å². The third-order valence-corrected chi connectivity index (χ3v) is 3.83. The lowest BCUT2D eigenvalue weighted by molar-refractivity contribution is -0.111. The Hall–Kier alpha value is -3.28. The van der Waals surface area contributed by atoms with E-state index in [1.165, 1.54) is 6.08 Å². The maximum atomic E-state index is 12.2. The zero-order valence-corrected chi connectivity index (χ0v) is 17.3. The Labute approximate surface area is 171 Å². The first-order valence-electron chi connectivity index (χ1n) is 9.72. The van der Waals surface area contributed by atoms with Crippen LogP contribution in [0.15, 0.2) is 48.5 Å². The number of carbonyl (C=O) groups is 2. The topological polar surface area (TPSA) is 76.7 Å². The minimum atomic E-state index is -0.267. The van der Waals surface area contributed by atoms with Gasteiger partial charge in [-0.15, -0.1) is 0 Å². The average Bonchev–Trinajstić information content (AvgIpc) is 2.68. The second kappa shape index (κ2) is 10.9. The molecular weight excluding hydrogens is 368 g/mol. The van der Waals surface area contributed by atoms with Gasteiger partial charge in [0.15, 0.2) is 11.5 Å². The quantitative estimate of drug-likeness (QED) is 0.621. The van der Waals surface area contributed by atoms with Gasteiger partial charge < -0.3 is 20.1 Å². The molecule has 0 spiro atoms. The van der Waals surface area contributed by atoms with Crippen LogP contribution in [0.5, 0.6) is 11.5 Å². The first kappa shape index (κ1) is 22.0. The molecule has 0 fully saturated rings. The molecule has 0 unspecified atom stereocenters. The monoisotopic (exact) mass is 396 g/mol. The summed E-state index contributed by atoms with van der Waals surface area (Å²) in [4.78, 5) is 24.2. The summed E-state index contributed by atoms with van der Waals surface area (Å²) in [5.74, 6) is 0.916. The predicted molar refractivity (Wildman–Crippen MR) is 115 cm³/mol. The standard InChI is InChI=1S/C23H28N2O4/c1-5-28-20-13-7-17(15-21(20)29-6-2)8-14-22(26)25-19-11-9-18(10-12-19)23(27)24-16(3)4/h7-16H,5-6H2,1-4H3,(H,24,27)(H,25,26). The summed E-state index contributed by atoms with van der Waals surface area (Å²) in [5.41, 5.74) is 1.99. The number of benzene rings is 2. The van der Waals surface area contributed by atoms with Crippen LogP contribution in [-0.4, -0.2) is 31.1 Å². The summed E-state index contributed by atoms with van der Waals surface area (Å²) >= 11 is 0. The van der Waals surface area contributed by atoms with Gasteiger partial charge in [0.25, 0.3) is 5.91 Å². The molecule has 0 heterocycles. The molecule has 2 amide bonds. The number of ether oxygens (including phenoxy) is 2. The van der Waals surface area contributed by atoms with Gasteiger partial charge in [0, 0.05) is 23.4 Å². The second-order valence-electron chi connectivity index (χ2n) is 6.60. The molecule has 0 aliphatic heterocycles. The number of hydrogen-bond acceptors (Lipinski definition) is 4. The van der Waals surface area contributed by atoms with E-state index in [9.17, 15) is 9.59 Å². The number of carbonyl (C=O) groups excluding carboxylic acids is 2. The molecule has 154 valence electrons. The third-order valence-electron chi connectivity index (χ3n) is 3.83. The lowest BCUT2D eigenvalue weighted by Gasteiger charge is -2.11. The first-order valence-corrected chi connectivity index (χ1v) is 9.72. The van der Waals surface area contributed by atoms with Gasteiger partial charge in [-0.25, -0.2) is 0 Å². The van der Waals surface area contributed by atoms with Crippen molar-refractivity contribution >= 4 is 23.6 Å². The highest BCUT2D eigenvalue weighted by molar-refractivity contribution is 6.02. The summed E-state index contributed by atoms with van der Waals surface area (Å²) < 4.78 is 11.1. The molecule has 0 saturated carbocycles. The number of nitrogens with one attached hydrogen (secondary N) is 2. The van der Waals surface area contributed by atoms with Gasteiger partial charge in [-0.1, -0.05) is 6.07 Å². The van der Waals surface area contributed by atoms with Crippen LogP contribution in [0.1, 0.15) is 43.6 Å². The van der Waals surface area contributed by atoms with E-state index in [-0.39, 0.29) is 17.9 Å². The normalized spacial score (nSPS) is 10.8. The van der Waals surface area contributed by atoms with E-state index in [4.69, 9.17) is 9.47 Å². The van der Waals surface area contributed by atoms with E-state index in [0.29, 0.717) is 36.0 Å². The van der Waals surface area contributed by atoms with Crippen molar-refractivity contribution in [1.82, 2.24) is 5.32 Å². The lowest BCUT2D eigenvalue weighted by Crippen LogP contribution is -2.29. The Morgan fingerprint density at radius 1 is 0.966 bits per heavy atom. The fraction of sp³-hybridized carbons (Fsp3) is 0.304. The van der Waals surface area contributed by atoms with E-state index in [0.717, 1.165) is 5.56 Å². The van der Waals surface area contributed by atoms with E-state index < -0.39 is 0 Å². The molecule has 0 radical (unpaired) electrons. The molecule has 6 heteroatoms. The van der Waals surface area contributed by atoms with Crippen LogP contribution in [-0.2, 0) is 4.79 Å². The molecule has 2 rings (SSSR count). The molecule has 2 aromatic carbocycles. The molecule has 29 heavy (non-hydrogen) atoms. The molecule has 6 nitrogen and oxygen atoms in total. The maximum absolute atomic E-state index is 12.2. The van der Waals surface area contributed by atoms with Crippen LogP contribution in [0.3, 0.4) is 0 Å². The highest BCUT2D eigenvalue weighted by Crippen LogP contribution is 2.29. The largest absolute Gasteiger partial charge is 0.490 e. The zero-order valence-electron chi connectivity index (χ0n) is 17.3. The minimum Gasteiger partial charge on any atom is -0.490 e. The molecule has 0 saturated heterocycles. The Morgan fingerprint density at radius 3 is 2.24 bits per heavy atom. The zero-order chi connectivity index (χ0) is 21.2. The van der Waals surface area contributed by atoms with E-state index >= 15 is 0 Å². The van der Waals surface area contributed by atoms with E-state index in [2.05, 4.69) is 10.6 Å². The van der Waals surface area contributed by atoms with Gasteiger partial charge in [0.2, 0.25) is 5.91 Å². The Bertz CT molecular complexity index is 858. The van der Waals surface area contributed by atoms with Crippen molar-refractivity contribution in [2.24, 2.45) is 0 Å². The molecule has 0 bridgehead atoms. The molecular formula is C23H28N2O4. The van der Waals surface area contributed by atoms with Crippen molar-refractivity contribution in [2.75, 3.05) is 18.5 Å². The summed E-state index contributed by atoms with van der Waals surface area (Å²) in [6.45, 7) is 8.70. The maximum Gasteiger partial charge on any atom is 0.251 e. The summed E-state index contributed by atoms with van der Waals surface area (Å²) in [7, 11) is 0. The molecule has 0 aliphatic rings. The third kappa shape index (κ3) is 6.99. The summed E-state index contributed by atoms with van der Waals surface area (Å²) in [6, 6.07) is 12.3. The van der Waals surface area contributed by atoms with Crippen LogP contribution in [0.2, 0.25) is 0 Å². The Balaban J connectivity index is 2.00.